The number of hydrogen-bond donors (Lipinski definition) is 0. The fraction of sp³-hybridized carbons (Fsp3) is 0.375. The highest BCUT2D eigenvalue weighted by molar-refractivity contribution is 6.89. The zero-order chi connectivity index (χ0) is 35.3. The summed E-state index contributed by atoms with van der Waals surface area (Å²) in [6.07, 6.45) is 13.0. The summed E-state index contributed by atoms with van der Waals surface area (Å²) < 4.78 is 5.35. The van der Waals surface area contributed by atoms with Gasteiger partial charge in [-0.15, -0.1) is 0 Å². The largest absolute Gasteiger partial charge is 0.216 e. The average molecular weight is 689 g/mol. The second-order valence-corrected chi connectivity index (χ2v) is 22.1. The molecule has 0 amide bonds. The van der Waals surface area contributed by atoms with Gasteiger partial charge in [-0.2, -0.15) is 9.13 Å². The van der Waals surface area contributed by atoms with Crippen LogP contribution in [0.15, 0.2) is 115 Å². The number of hydrogen-bond acceptors (Lipinski definition) is 0. The first-order chi connectivity index (χ1) is 24.7. The lowest BCUT2D eigenvalue weighted by atomic mass is 9.76. The van der Waals surface area contributed by atoms with Gasteiger partial charge in [0.1, 0.15) is 0 Å². The van der Waals surface area contributed by atoms with Gasteiger partial charge in [-0.25, -0.2) is 0 Å². The average Bonchev–Trinajstić information content (AvgIpc) is 3.13. The van der Waals surface area contributed by atoms with E-state index in [-0.39, 0.29) is 6.04 Å². The van der Waals surface area contributed by atoms with Crippen molar-refractivity contribution in [3.63, 3.8) is 0 Å². The zero-order valence-electron chi connectivity index (χ0n) is 31.6. The molecule has 0 saturated heterocycles. The maximum Gasteiger partial charge on any atom is 0.216 e. The summed E-state index contributed by atoms with van der Waals surface area (Å²) in [4.78, 5) is 0. The standard InChI is InChI=1S/C48H56N2Si/c1-33(2)39-27-28-44-40-22-14-13-19-36(40)25-26-43-41-23-15-16-24-42(41)45-30-38(29-35-17-9-7-10-18-35)46(51(4,5)6)32-50(45)47(43)34(3)31-49(44)48(39)37-20-11-8-12-21-37/h8,11-16,19-24,27-28,30,32-33,35,43,47H,3,7,9-10,17-18,25-26,29,31H2,1-2,4-6H3/q+2. The first-order valence-corrected chi connectivity index (χ1v) is 23.2. The van der Waals surface area contributed by atoms with Crippen LogP contribution < -0.4 is 14.3 Å². The van der Waals surface area contributed by atoms with Crippen LogP contribution in [0, 0.1) is 5.92 Å². The highest BCUT2D eigenvalue weighted by atomic mass is 28.3. The van der Waals surface area contributed by atoms with Crippen molar-refractivity contribution >= 4 is 13.3 Å². The van der Waals surface area contributed by atoms with Gasteiger partial charge in [-0.1, -0.05) is 127 Å². The van der Waals surface area contributed by atoms with Crippen molar-refractivity contribution in [2.75, 3.05) is 0 Å². The summed E-state index contributed by atoms with van der Waals surface area (Å²) in [5.41, 5.74) is 15.3. The minimum absolute atomic E-state index is 0.172. The molecule has 0 spiro atoms. The predicted octanol–water partition coefficient (Wildman–Crippen LogP) is 10.9. The molecule has 3 aliphatic rings. The summed E-state index contributed by atoms with van der Waals surface area (Å²) in [5.74, 6) is 1.54. The molecule has 8 rings (SSSR count). The number of fused-ring (bicyclic) bond motifs is 9. The SMILES string of the molecule is C=C1C[n+]2c(ccc(C(C)C)c2-c2ccccc2)-c2ccccc2CCC2c3ccccc3-c3cc(CC4CCCCC4)c([Si](C)(C)C)c[n+]3C12. The van der Waals surface area contributed by atoms with Crippen molar-refractivity contribution in [2.24, 2.45) is 5.92 Å². The van der Waals surface area contributed by atoms with Crippen molar-refractivity contribution in [1.29, 1.82) is 0 Å². The molecule has 0 bridgehead atoms. The van der Waals surface area contributed by atoms with E-state index in [1.807, 2.05) is 0 Å². The zero-order valence-corrected chi connectivity index (χ0v) is 32.6. The quantitative estimate of drug-likeness (QED) is 0.0986. The van der Waals surface area contributed by atoms with Crippen LogP contribution in [0.3, 0.4) is 0 Å². The summed E-state index contributed by atoms with van der Waals surface area (Å²) in [6.45, 7) is 18.2. The smallest absolute Gasteiger partial charge is 0.191 e. The van der Waals surface area contributed by atoms with Crippen LogP contribution in [0.5, 0.6) is 0 Å². The van der Waals surface area contributed by atoms with E-state index in [1.54, 1.807) is 10.8 Å². The van der Waals surface area contributed by atoms with Crippen LogP contribution in [0.25, 0.3) is 33.8 Å². The highest BCUT2D eigenvalue weighted by Crippen LogP contribution is 2.45. The van der Waals surface area contributed by atoms with E-state index in [0.29, 0.717) is 11.8 Å². The van der Waals surface area contributed by atoms with Crippen molar-refractivity contribution in [1.82, 2.24) is 0 Å². The third kappa shape index (κ3) is 6.37. The fourth-order valence-electron chi connectivity index (χ4n) is 9.81. The van der Waals surface area contributed by atoms with Crippen LogP contribution >= 0.6 is 0 Å². The van der Waals surface area contributed by atoms with Crippen molar-refractivity contribution < 1.29 is 9.13 Å². The Hall–Kier alpha value is -4.08. The fourth-order valence-corrected chi connectivity index (χ4v) is 11.5. The number of benzene rings is 3. The molecule has 1 fully saturated rings. The lowest BCUT2D eigenvalue weighted by Crippen LogP contribution is -2.56. The lowest BCUT2D eigenvalue weighted by molar-refractivity contribution is -0.720. The highest BCUT2D eigenvalue weighted by Gasteiger charge is 2.45. The predicted molar refractivity (Wildman–Crippen MR) is 216 cm³/mol. The summed E-state index contributed by atoms with van der Waals surface area (Å²) in [5, 5.41) is 1.64. The van der Waals surface area contributed by atoms with Crippen LogP contribution in [-0.4, -0.2) is 8.07 Å². The molecule has 4 heterocycles. The number of rotatable bonds is 5. The topological polar surface area (TPSA) is 7.76 Å². The van der Waals surface area contributed by atoms with Gasteiger partial charge >= 0.3 is 0 Å². The number of nitrogens with zero attached hydrogens (tertiary/aromatic N) is 2. The lowest BCUT2D eigenvalue weighted by Gasteiger charge is -2.34. The molecule has 2 nitrogen and oxygen atoms in total. The Morgan fingerprint density at radius 3 is 2.22 bits per heavy atom. The molecule has 2 unspecified atom stereocenters. The molecule has 5 aromatic rings. The molecule has 0 N–H and O–H groups in total. The first kappa shape index (κ1) is 34.0. The molecule has 3 heteroatoms. The summed E-state index contributed by atoms with van der Waals surface area (Å²) in [6, 6.07) is 37.2. The van der Waals surface area contributed by atoms with E-state index < -0.39 is 8.07 Å². The molecule has 2 aliphatic heterocycles. The Labute approximate surface area is 307 Å². The third-order valence-corrected chi connectivity index (χ3v) is 14.3. The van der Waals surface area contributed by atoms with E-state index >= 15 is 0 Å². The van der Waals surface area contributed by atoms with Gasteiger partial charge in [0.15, 0.2) is 18.8 Å². The van der Waals surface area contributed by atoms with E-state index in [0.717, 1.165) is 25.3 Å². The summed E-state index contributed by atoms with van der Waals surface area (Å²) in [7, 11) is -1.67. The van der Waals surface area contributed by atoms with Crippen molar-refractivity contribution in [3.8, 4) is 33.8 Å². The first-order valence-electron chi connectivity index (χ1n) is 19.7. The molecule has 2 aromatic heterocycles. The number of pyridine rings is 2. The van der Waals surface area contributed by atoms with E-state index in [1.165, 1.54) is 94.6 Å². The van der Waals surface area contributed by atoms with Gasteiger partial charge in [0.2, 0.25) is 17.1 Å². The number of allylic oxidation sites excluding steroid dienone is 1. The molecule has 260 valence electrons. The number of aromatic nitrogens is 2. The molecular weight excluding hydrogens is 633 g/mol. The van der Waals surface area contributed by atoms with Gasteiger partial charge in [0, 0.05) is 39.6 Å². The second kappa shape index (κ2) is 13.8. The van der Waals surface area contributed by atoms with Gasteiger partial charge in [-0.05, 0) is 78.1 Å². The Morgan fingerprint density at radius 1 is 0.765 bits per heavy atom. The van der Waals surface area contributed by atoms with Crippen molar-refractivity contribution in [3.05, 3.63) is 138 Å². The molecular formula is C48H56N2Si+2. The third-order valence-electron chi connectivity index (χ3n) is 12.3. The Balaban J connectivity index is 1.36. The Bertz CT molecular complexity index is 2080. The van der Waals surface area contributed by atoms with Gasteiger partial charge in [0.25, 0.3) is 0 Å². The van der Waals surface area contributed by atoms with Crippen LogP contribution in [0.4, 0.5) is 0 Å². The van der Waals surface area contributed by atoms with Gasteiger partial charge < -0.3 is 0 Å². The molecule has 51 heavy (non-hydrogen) atoms. The summed E-state index contributed by atoms with van der Waals surface area (Å²) >= 11 is 0. The van der Waals surface area contributed by atoms with Crippen molar-refractivity contribution in [2.45, 2.75) is 109 Å². The Morgan fingerprint density at radius 2 is 1.47 bits per heavy atom. The minimum atomic E-state index is -1.67. The Kier molecular flexibility index (Phi) is 9.21. The molecule has 1 aliphatic carbocycles. The van der Waals surface area contributed by atoms with Gasteiger partial charge in [0.05, 0.1) is 19.6 Å². The number of aryl methyl sites for hydroxylation is 1. The molecule has 3 aromatic carbocycles. The van der Waals surface area contributed by atoms with E-state index in [2.05, 4.69) is 146 Å². The van der Waals surface area contributed by atoms with E-state index in [9.17, 15) is 0 Å². The normalized spacial score (nSPS) is 19.1. The molecule has 1 saturated carbocycles. The minimum Gasteiger partial charge on any atom is -0.191 e. The molecule has 2 atom stereocenters. The van der Waals surface area contributed by atoms with Crippen LogP contribution in [-0.2, 0) is 19.4 Å². The monoisotopic (exact) mass is 688 g/mol. The maximum atomic E-state index is 5.09. The maximum absolute atomic E-state index is 5.09. The van der Waals surface area contributed by atoms with Crippen LogP contribution in [0.1, 0.15) is 92.5 Å². The van der Waals surface area contributed by atoms with Gasteiger partial charge in [-0.3, -0.25) is 0 Å². The second-order valence-electron chi connectivity index (χ2n) is 17.1. The van der Waals surface area contributed by atoms with E-state index in [4.69, 9.17) is 6.58 Å². The molecule has 0 radical (unpaired) electrons. The van der Waals surface area contributed by atoms with Crippen LogP contribution in [0.2, 0.25) is 19.6 Å².